The number of hydrogen-bond donors (Lipinski definition) is 0. The molecule has 6 aromatic carbocycles. The Hall–Kier alpha value is -3.93. The van der Waals surface area contributed by atoms with Gasteiger partial charge < -0.3 is 0 Å². The van der Waals surface area contributed by atoms with Gasteiger partial charge in [0.05, 0.1) is 0 Å². The Kier molecular flexibility index (Phi) is 6.58. The molecule has 0 radical (unpaired) electrons. The molecule has 0 spiro atoms. The van der Waals surface area contributed by atoms with Crippen LogP contribution in [0.4, 0.5) is 0 Å². The fourth-order valence-corrected chi connectivity index (χ4v) is 15.3. The van der Waals surface area contributed by atoms with Gasteiger partial charge in [0.1, 0.15) is 0 Å². The average Bonchev–Trinajstić information content (AvgIpc) is 3.68. The molecule has 0 heterocycles. The summed E-state index contributed by atoms with van der Waals surface area (Å²) in [5.74, 6) is 0. The third-order valence-corrected chi connectivity index (χ3v) is 17.3. The molecule has 0 nitrogen and oxygen atoms in total. The Morgan fingerprint density at radius 2 is 0.929 bits per heavy atom. The monoisotopic (exact) mass is 614 g/mol. The molecule has 0 bridgehead atoms. The topological polar surface area (TPSA) is 0 Å². The van der Waals surface area contributed by atoms with E-state index in [9.17, 15) is 0 Å². The average molecular weight is 616 g/mol. The predicted octanol–water partition coefficient (Wildman–Crippen LogP) is 11.0. The minimum atomic E-state index is -2.20. The summed E-state index contributed by atoms with van der Waals surface area (Å²) in [6.07, 6.45) is 11.1. The standard InChI is InChI=1S/2C19H13.C3H6.Zr/c2*1-2-10-16-14(6-1)8-4-12-18(16)19-13-5-9-15-7-3-11-17(15)19;1-3-2;/h2*1-13H;1H,3H2,2H3;. The van der Waals surface area contributed by atoms with Crippen molar-refractivity contribution in [1.29, 1.82) is 0 Å². The third-order valence-electron chi connectivity index (χ3n) is 9.18. The minimum absolute atomic E-state index is 0.541. The van der Waals surface area contributed by atoms with Crippen LogP contribution in [0.3, 0.4) is 0 Å². The van der Waals surface area contributed by atoms with E-state index >= 15 is 0 Å². The van der Waals surface area contributed by atoms with Crippen molar-refractivity contribution < 1.29 is 21.3 Å². The van der Waals surface area contributed by atoms with Crippen LogP contribution in [0.25, 0.3) is 56.0 Å². The molecule has 8 rings (SSSR count). The summed E-state index contributed by atoms with van der Waals surface area (Å²) in [6.45, 7) is 2.33. The Morgan fingerprint density at radius 3 is 1.43 bits per heavy atom. The molecule has 0 saturated heterocycles. The molecule has 0 fully saturated rings. The molecule has 2 aliphatic rings. The zero-order chi connectivity index (χ0) is 28.0. The van der Waals surface area contributed by atoms with Crippen LogP contribution in [0.2, 0.25) is 0 Å². The molecular formula is C41H32Zr. The van der Waals surface area contributed by atoms with Crippen LogP contribution in [-0.4, -0.2) is 3.71 Å². The van der Waals surface area contributed by atoms with Gasteiger partial charge in [-0.25, -0.2) is 0 Å². The van der Waals surface area contributed by atoms with Crippen molar-refractivity contribution in [1.82, 2.24) is 0 Å². The Bertz CT molecular complexity index is 1930. The SMILES string of the molecule is CC[CH]=[Zr]([CH]1C=Cc2c(-c3cccc4ccccc34)cccc21)[CH]1C=Cc2c(-c3cccc4ccccc34)cccc21. The normalized spacial score (nSPS) is 16.6. The van der Waals surface area contributed by atoms with Crippen LogP contribution >= 0.6 is 0 Å². The van der Waals surface area contributed by atoms with Crippen LogP contribution in [0, 0.1) is 0 Å². The van der Waals surface area contributed by atoms with Crippen molar-refractivity contribution in [3.8, 4) is 22.3 Å². The molecule has 2 atom stereocenters. The van der Waals surface area contributed by atoms with Crippen molar-refractivity contribution in [2.75, 3.05) is 0 Å². The van der Waals surface area contributed by atoms with Gasteiger partial charge in [0.2, 0.25) is 0 Å². The Labute approximate surface area is 255 Å². The van der Waals surface area contributed by atoms with Crippen molar-refractivity contribution >= 4 is 37.4 Å². The van der Waals surface area contributed by atoms with Gasteiger partial charge in [-0.3, -0.25) is 0 Å². The summed E-state index contributed by atoms with van der Waals surface area (Å²) in [4.78, 5) is 0. The summed E-state index contributed by atoms with van der Waals surface area (Å²) >= 11 is -2.20. The van der Waals surface area contributed by atoms with Crippen molar-refractivity contribution in [3.05, 3.63) is 156 Å². The van der Waals surface area contributed by atoms with Crippen LogP contribution in [0.5, 0.6) is 0 Å². The molecule has 0 amide bonds. The summed E-state index contributed by atoms with van der Waals surface area (Å²) in [5, 5.41) is 5.27. The van der Waals surface area contributed by atoms with Crippen LogP contribution in [0.1, 0.15) is 42.8 Å². The zero-order valence-corrected chi connectivity index (χ0v) is 26.3. The number of rotatable bonds is 5. The molecule has 1 heteroatoms. The van der Waals surface area contributed by atoms with E-state index in [0.29, 0.717) is 7.25 Å². The van der Waals surface area contributed by atoms with E-state index in [1.54, 1.807) is 0 Å². The maximum absolute atomic E-state index is 2.76. The number of hydrogen-bond acceptors (Lipinski definition) is 0. The van der Waals surface area contributed by atoms with Gasteiger partial charge in [-0.2, -0.15) is 0 Å². The summed E-state index contributed by atoms with van der Waals surface area (Å²) in [7, 11) is 0. The second-order valence-electron chi connectivity index (χ2n) is 11.5. The van der Waals surface area contributed by atoms with Gasteiger partial charge in [0, 0.05) is 0 Å². The van der Waals surface area contributed by atoms with Gasteiger partial charge >= 0.3 is 257 Å². The first-order valence-corrected chi connectivity index (χ1v) is 19.4. The van der Waals surface area contributed by atoms with Gasteiger partial charge in [-0.1, -0.05) is 0 Å². The summed E-state index contributed by atoms with van der Waals surface area (Å²) < 4.78 is 3.84. The molecule has 200 valence electrons. The molecule has 0 saturated carbocycles. The number of fused-ring (bicyclic) bond motifs is 4. The van der Waals surface area contributed by atoms with Crippen LogP contribution < -0.4 is 0 Å². The first kappa shape index (κ1) is 25.8. The zero-order valence-electron chi connectivity index (χ0n) is 23.8. The predicted molar refractivity (Wildman–Crippen MR) is 179 cm³/mol. The quantitative estimate of drug-likeness (QED) is 0.181. The maximum atomic E-state index is 2.76. The van der Waals surface area contributed by atoms with Crippen molar-refractivity contribution in [2.45, 2.75) is 20.6 Å². The number of allylic oxidation sites excluding steroid dienone is 2. The van der Waals surface area contributed by atoms with E-state index in [1.165, 1.54) is 66.1 Å². The van der Waals surface area contributed by atoms with E-state index in [-0.39, 0.29) is 0 Å². The molecule has 0 N–H and O–H groups in total. The van der Waals surface area contributed by atoms with E-state index in [1.807, 2.05) is 0 Å². The van der Waals surface area contributed by atoms with E-state index < -0.39 is 21.3 Å². The van der Waals surface area contributed by atoms with Gasteiger partial charge in [-0.15, -0.1) is 0 Å². The Balaban J connectivity index is 1.22. The molecule has 0 aliphatic heterocycles. The van der Waals surface area contributed by atoms with Crippen LogP contribution in [0.15, 0.2) is 133 Å². The van der Waals surface area contributed by atoms with E-state index in [0.717, 1.165) is 6.42 Å². The molecule has 2 aliphatic carbocycles. The fraction of sp³-hybridized carbons (Fsp3) is 0.0976. The first-order valence-electron chi connectivity index (χ1n) is 15.1. The van der Waals surface area contributed by atoms with Crippen LogP contribution in [-0.2, 0) is 21.3 Å². The molecular weight excluding hydrogens is 584 g/mol. The second-order valence-corrected chi connectivity index (χ2v) is 18.0. The molecule has 42 heavy (non-hydrogen) atoms. The summed E-state index contributed by atoms with van der Waals surface area (Å²) in [6, 6.07) is 45.0. The van der Waals surface area contributed by atoms with E-state index in [4.69, 9.17) is 0 Å². The van der Waals surface area contributed by atoms with Gasteiger partial charge in [-0.05, 0) is 0 Å². The van der Waals surface area contributed by atoms with Crippen molar-refractivity contribution in [2.24, 2.45) is 0 Å². The molecule has 2 unspecified atom stereocenters. The molecule has 6 aromatic rings. The van der Waals surface area contributed by atoms with Crippen molar-refractivity contribution in [3.63, 3.8) is 0 Å². The van der Waals surface area contributed by atoms with Gasteiger partial charge in [0.25, 0.3) is 0 Å². The summed E-state index contributed by atoms with van der Waals surface area (Å²) in [5.41, 5.74) is 11.3. The van der Waals surface area contributed by atoms with Gasteiger partial charge in [0.15, 0.2) is 0 Å². The third kappa shape index (κ3) is 4.18. The fourth-order valence-electron chi connectivity index (χ4n) is 7.33. The molecule has 0 aromatic heterocycles. The first-order chi connectivity index (χ1) is 20.8. The Morgan fingerprint density at radius 1 is 0.500 bits per heavy atom. The van der Waals surface area contributed by atoms with E-state index in [2.05, 4.69) is 156 Å². The number of benzene rings is 6. The second kappa shape index (κ2) is 10.7.